The van der Waals surface area contributed by atoms with Crippen molar-refractivity contribution in [1.29, 1.82) is 5.26 Å². The number of rotatable bonds is 2. The van der Waals surface area contributed by atoms with Crippen molar-refractivity contribution in [1.82, 2.24) is 0 Å². The molecule has 1 aliphatic rings. The first-order chi connectivity index (χ1) is 11.0. The number of hydrogen-bond donors (Lipinski definition) is 2. The van der Waals surface area contributed by atoms with Crippen LogP contribution in [0.15, 0.2) is 24.3 Å². The molecule has 2 N–H and O–H groups in total. The fourth-order valence-electron chi connectivity index (χ4n) is 2.60. The van der Waals surface area contributed by atoms with Crippen LogP contribution in [-0.2, 0) is 9.59 Å². The lowest BCUT2D eigenvalue weighted by Gasteiger charge is -2.47. The van der Waals surface area contributed by atoms with Crippen LogP contribution in [0.1, 0.15) is 6.42 Å². The number of anilines is 1. The molecule has 3 unspecified atom stereocenters. The van der Waals surface area contributed by atoms with Gasteiger partial charge >= 0.3 is 12.1 Å². The van der Waals surface area contributed by atoms with Crippen LogP contribution in [0.5, 0.6) is 0 Å². The molecule has 2 rings (SSSR count). The maximum atomic E-state index is 13.5. The maximum Gasteiger partial charge on any atom is 0.437 e. The van der Waals surface area contributed by atoms with E-state index >= 15 is 0 Å². The minimum atomic E-state index is -5.47. The van der Waals surface area contributed by atoms with Crippen molar-refractivity contribution in [2.24, 2.45) is 11.8 Å². The summed E-state index contributed by atoms with van der Waals surface area (Å²) in [6, 6.07) is 5.87. The molecule has 0 radical (unpaired) electrons. The van der Waals surface area contributed by atoms with Gasteiger partial charge in [-0.1, -0.05) is 11.6 Å². The molecular weight excluding hydrogens is 353 g/mol. The number of amides is 1. The van der Waals surface area contributed by atoms with E-state index in [0.29, 0.717) is 0 Å². The Labute approximate surface area is 138 Å². The quantitative estimate of drug-likeness (QED) is 0.839. The van der Waals surface area contributed by atoms with Crippen LogP contribution in [-0.4, -0.2) is 34.0 Å². The largest absolute Gasteiger partial charge is 0.481 e. The lowest BCUT2D eigenvalue weighted by atomic mass is 9.79. The Bertz CT molecular complexity index is 716. The van der Waals surface area contributed by atoms with Crippen LogP contribution in [0.3, 0.4) is 0 Å². The highest BCUT2D eigenvalue weighted by molar-refractivity contribution is 6.30. The number of halogens is 4. The number of nitrogens with zero attached hydrogens (tertiary/aromatic N) is 2. The molecule has 24 heavy (non-hydrogen) atoms. The van der Waals surface area contributed by atoms with Crippen LogP contribution in [0.25, 0.3) is 0 Å². The fraction of sp³-hybridized carbons (Fsp3) is 0.357. The van der Waals surface area contributed by atoms with Gasteiger partial charge in [0.05, 0.1) is 6.07 Å². The number of alkyl halides is 3. The van der Waals surface area contributed by atoms with E-state index in [0.717, 1.165) is 12.1 Å². The molecule has 128 valence electrons. The zero-order valence-corrected chi connectivity index (χ0v) is 12.5. The second kappa shape index (κ2) is 5.96. The smallest absolute Gasteiger partial charge is 0.437 e. The highest BCUT2D eigenvalue weighted by atomic mass is 35.5. The van der Waals surface area contributed by atoms with Gasteiger partial charge in [-0.2, -0.15) is 18.4 Å². The standard InChI is InChI=1S/C14H10ClF3N2O4/c15-8-1-3-9(4-2-8)20-11(21)7(6-19)5-10(12(22)23)13(20,24)14(16,17)18/h1-4,7,10,24H,5H2,(H,22,23). The molecular formula is C14H10ClF3N2O4. The molecule has 10 heteroatoms. The molecule has 0 aliphatic carbocycles. The average Bonchev–Trinajstić information content (AvgIpc) is 2.48. The van der Waals surface area contributed by atoms with Gasteiger partial charge in [-0.3, -0.25) is 14.5 Å². The van der Waals surface area contributed by atoms with Gasteiger partial charge in [0.25, 0.3) is 5.72 Å². The van der Waals surface area contributed by atoms with E-state index in [1.165, 1.54) is 18.2 Å². The molecule has 1 aromatic carbocycles. The number of benzene rings is 1. The van der Waals surface area contributed by atoms with Crippen molar-refractivity contribution < 1.29 is 33.0 Å². The third-order valence-electron chi connectivity index (χ3n) is 3.77. The lowest BCUT2D eigenvalue weighted by Crippen LogP contribution is -2.71. The number of carbonyl (C=O) groups is 2. The van der Waals surface area contributed by atoms with Crippen molar-refractivity contribution >= 4 is 29.2 Å². The number of carboxylic acid groups (broad SMARTS) is 1. The number of aliphatic hydroxyl groups is 1. The van der Waals surface area contributed by atoms with E-state index in [1.807, 2.05) is 0 Å². The number of hydrogen-bond acceptors (Lipinski definition) is 4. The van der Waals surface area contributed by atoms with E-state index in [2.05, 4.69) is 0 Å². The van der Waals surface area contributed by atoms with Crippen molar-refractivity contribution in [3.05, 3.63) is 29.3 Å². The Morgan fingerprint density at radius 1 is 1.38 bits per heavy atom. The molecule has 0 spiro atoms. The predicted molar refractivity (Wildman–Crippen MR) is 74.8 cm³/mol. The molecule has 1 fully saturated rings. The van der Waals surface area contributed by atoms with Crippen LogP contribution < -0.4 is 4.90 Å². The number of nitriles is 1. The highest BCUT2D eigenvalue weighted by Crippen LogP contribution is 2.47. The molecule has 1 aromatic rings. The van der Waals surface area contributed by atoms with Gasteiger partial charge in [-0.15, -0.1) is 0 Å². The summed E-state index contributed by atoms with van der Waals surface area (Å²) in [4.78, 5) is 23.5. The van der Waals surface area contributed by atoms with Crippen molar-refractivity contribution in [3.63, 3.8) is 0 Å². The first-order valence-corrected chi connectivity index (χ1v) is 6.93. The monoisotopic (exact) mass is 362 g/mol. The first kappa shape index (κ1) is 18.0. The molecule has 1 heterocycles. The summed E-state index contributed by atoms with van der Waals surface area (Å²) < 4.78 is 40.6. The van der Waals surface area contributed by atoms with Crippen molar-refractivity contribution in [2.45, 2.75) is 18.3 Å². The van der Waals surface area contributed by atoms with Gasteiger partial charge in [0, 0.05) is 10.7 Å². The number of carbonyl (C=O) groups excluding carboxylic acids is 1. The minimum Gasteiger partial charge on any atom is -0.481 e. The van der Waals surface area contributed by atoms with Gasteiger partial charge in [-0.05, 0) is 30.7 Å². The van der Waals surface area contributed by atoms with Crippen molar-refractivity contribution in [3.8, 4) is 6.07 Å². The SMILES string of the molecule is N#CC1CC(C(=O)O)C(O)(C(F)(F)F)N(c2ccc(Cl)cc2)C1=O. The molecule has 0 bridgehead atoms. The van der Waals surface area contributed by atoms with Gasteiger partial charge < -0.3 is 10.2 Å². The van der Waals surface area contributed by atoms with E-state index in [-0.39, 0.29) is 9.92 Å². The number of aliphatic carboxylic acids is 1. The van der Waals surface area contributed by atoms with E-state index in [4.69, 9.17) is 22.0 Å². The molecule has 1 saturated heterocycles. The topological polar surface area (TPSA) is 102 Å². The van der Waals surface area contributed by atoms with Crippen LogP contribution in [0, 0.1) is 23.2 Å². The minimum absolute atomic E-state index is 0.0838. The second-order valence-corrected chi connectivity index (χ2v) is 5.62. The molecule has 6 nitrogen and oxygen atoms in total. The number of carboxylic acids is 1. The fourth-order valence-corrected chi connectivity index (χ4v) is 2.73. The Hall–Kier alpha value is -2.31. The molecule has 0 aromatic heterocycles. The Morgan fingerprint density at radius 2 is 1.92 bits per heavy atom. The highest BCUT2D eigenvalue weighted by Gasteiger charge is 2.69. The Morgan fingerprint density at radius 3 is 2.33 bits per heavy atom. The maximum absolute atomic E-state index is 13.5. The lowest BCUT2D eigenvalue weighted by molar-refractivity contribution is -0.282. The van der Waals surface area contributed by atoms with E-state index < -0.39 is 47.7 Å². The van der Waals surface area contributed by atoms with Gasteiger partial charge in [0.2, 0.25) is 5.91 Å². The van der Waals surface area contributed by atoms with Gasteiger partial charge in [0.1, 0.15) is 11.8 Å². The summed E-state index contributed by atoms with van der Waals surface area (Å²) in [5.41, 5.74) is -4.41. The van der Waals surface area contributed by atoms with E-state index in [9.17, 15) is 27.9 Å². The average molecular weight is 363 g/mol. The van der Waals surface area contributed by atoms with Crippen LogP contribution >= 0.6 is 11.6 Å². The third-order valence-corrected chi connectivity index (χ3v) is 4.02. The zero-order valence-electron chi connectivity index (χ0n) is 11.8. The summed E-state index contributed by atoms with van der Waals surface area (Å²) in [7, 11) is 0. The molecule has 0 saturated carbocycles. The summed E-state index contributed by atoms with van der Waals surface area (Å²) in [5.74, 6) is -7.36. The van der Waals surface area contributed by atoms with Gasteiger partial charge in [0.15, 0.2) is 0 Å². The molecule has 3 atom stereocenters. The summed E-state index contributed by atoms with van der Waals surface area (Å²) in [5, 5.41) is 28.5. The zero-order chi connectivity index (χ0) is 18.3. The second-order valence-electron chi connectivity index (χ2n) is 5.18. The van der Waals surface area contributed by atoms with Crippen LogP contribution in [0.4, 0.5) is 18.9 Å². The third kappa shape index (κ3) is 2.68. The van der Waals surface area contributed by atoms with Crippen molar-refractivity contribution in [2.75, 3.05) is 4.90 Å². The summed E-state index contributed by atoms with van der Waals surface area (Å²) in [6.07, 6.45) is -6.42. The summed E-state index contributed by atoms with van der Waals surface area (Å²) in [6.45, 7) is 0. The van der Waals surface area contributed by atoms with E-state index in [1.54, 1.807) is 0 Å². The summed E-state index contributed by atoms with van der Waals surface area (Å²) >= 11 is 5.65. The number of piperidine rings is 1. The molecule has 1 aliphatic heterocycles. The Balaban J connectivity index is 2.71. The van der Waals surface area contributed by atoms with Gasteiger partial charge in [-0.25, -0.2) is 0 Å². The first-order valence-electron chi connectivity index (χ1n) is 6.55. The Kier molecular flexibility index (Phi) is 4.48. The normalized spacial score (nSPS) is 27.7. The predicted octanol–water partition coefficient (Wildman–Crippen LogP) is 2.17. The van der Waals surface area contributed by atoms with Crippen LogP contribution in [0.2, 0.25) is 5.02 Å². The molecule has 1 amide bonds.